The summed E-state index contributed by atoms with van der Waals surface area (Å²) in [4.78, 5) is 31.4. The van der Waals surface area contributed by atoms with E-state index in [0.717, 1.165) is 31.8 Å². The fourth-order valence-corrected chi connectivity index (χ4v) is 4.40. The van der Waals surface area contributed by atoms with Crippen molar-refractivity contribution in [3.63, 3.8) is 0 Å². The number of amides is 2. The summed E-state index contributed by atoms with van der Waals surface area (Å²) in [5.41, 5.74) is 3.21. The standard InChI is InChI=1S/C20H17N5O2S/c1-11-22-17-8-15(4-5-18(17)28-11)25-10-13(6-19(25)26)20(27)23-14-3-2-12-9-21-24-16(12)7-14/h2-5,7-9,13H,6,10H2,1H3,(H,21,24)(H,23,27). The third-order valence-electron chi connectivity index (χ3n) is 5.00. The van der Waals surface area contributed by atoms with Gasteiger partial charge in [-0.1, -0.05) is 0 Å². The van der Waals surface area contributed by atoms with Gasteiger partial charge in [-0.3, -0.25) is 14.7 Å². The number of rotatable bonds is 3. The maximum atomic E-state index is 12.7. The summed E-state index contributed by atoms with van der Waals surface area (Å²) in [6.07, 6.45) is 1.93. The number of carbonyl (C=O) groups excluding carboxylic acids is 2. The van der Waals surface area contributed by atoms with Gasteiger partial charge in [-0.2, -0.15) is 5.10 Å². The number of aryl methyl sites for hydroxylation is 1. The molecule has 1 aliphatic rings. The van der Waals surface area contributed by atoms with Crippen LogP contribution in [0.2, 0.25) is 0 Å². The number of nitrogens with zero attached hydrogens (tertiary/aromatic N) is 3. The molecular weight excluding hydrogens is 374 g/mol. The van der Waals surface area contributed by atoms with Crippen LogP contribution in [0.4, 0.5) is 11.4 Å². The number of nitrogens with one attached hydrogen (secondary N) is 2. The van der Waals surface area contributed by atoms with Crippen LogP contribution in [0.5, 0.6) is 0 Å². The largest absolute Gasteiger partial charge is 0.326 e. The first-order chi connectivity index (χ1) is 13.6. The summed E-state index contributed by atoms with van der Waals surface area (Å²) in [7, 11) is 0. The third-order valence-corrected chi connectivity index (χ3v) is 5.95. The minimum Gasteiger partial charge on any atom is -0.326 e. The molecule has 1 fully saturated rings. The molecule has 0 saturated carbocycles. The Labute approximate surface area is 164 Å². The Morgan fingerprint density at radius 2 is 2.18 bits per heavy atom. The van der Waals surface area contributed by atoms with Crippen LogP contribution in [0.3, 0.4) is 0 Å². The molecule has 1 aliphatic heterocycles. The Morgan fingerprint density at radius 1 is 1.29 bits per heavy atom. The first-order valence-electron chi connectivity index (χ1n) is 8.98. The second-order valence-corrected chi connectivity index (χ2v) is 8.19. The molecule has 3 heterocycles. The molecule has 1 unspecified atom stereocenters. The van der Waals surface area contributed by atoms with Crippen LogP contribution >= 0.6 is 11.3 Å². The van der Waals surface area contributed by atoms with E-state index in [-0.39, 0.29) is 18.2 Å². The Kier molecular flexibility index (Phi) is 3.87. The quantitative estimate of drug-likeness (QED) is 0.559. The highest BCUT2D eigenvalue weighted by atomic mass is 32.1. The molecular formula is C20H17N5O2S. The number of hydrogen-bond acceptors (Lipinski definition) is 5. The van der Waals surface area contributed by atoms with Gasteiger partial charge in [0.2, 0.25) is 11.8 Å². The summed E-state index contributed by atoms with van der Waals surface area (Å²) in [6.45, 7) is 2.33. The molecule has 2 aromatic heterocycles. The fourth-order valence-electron chi connectivity index (χ4n) is 3.59. The van der Waals surface area contributed by atoms with E-state index in [4.69, 9.17) is 0 Å². The second kappa shape index (κ2) is 6.42. The molecule has 0 spiro atoms. The highest BCUT2D eigenvalue weighted by Gasteiger charge is 2.35. The van der Waals surface area contributed by atoms with Gasteiger partial charge in [0, 0.05) is 29.7 Å². The number of carbonyl (C=O) groups is 2. The lowest BCUT2D eigenvalue weighted by Crippen LogP contribution is -2.28. The fraction of sp³-hybridized carbons (Fsp3) is 0.200. The molecule has 28 heavy (non-hydrogen) atoms. The second-order valence-electron chi connectivity index (χ2n) is 6.95. The minimum atomic E-state index is -0.391. The number of thiazole rings is 1. The summed E-state index contributed by atoms with van der Waals surface area (Å²) in [5.74, 6) is -0.589. The molecule has 0 aliphatic carbocycles. The molecule has 1 atom stereocenters. The average molecular weight is 391 g/mol. The molecule has 2 N–H and O–H groups in total. The van der Waals surface area contributed by atoms with E-state index in [1.165, 1.54) is 0 Å². The third kappa shape index (κ3) is 2.91. The van der Waals surface area contributed by atoms with Crippen LogP contribution < -0.4 is 10.2 Å². The summed E-state index contributed by atoms with van der Waals surface area (Å²) in [5, 5.41) is 11.8. The lowest BCUT2D eigenvalue weighted by atomic mass is 10.1. The smallest absolute Gasteiger partial charge is 0.229 e. The summed E-state index contributed by atoms with van der Waals surface area (Å²) < 4.78 is 1.09. The molecule has 140 valence electrons. The van der Waals surface area contributed by atoms with Gasteiger partial charge in [0.05, 0.1) is 32.9 Å². The van der Waals surface area contributed by atoms with Gasteiger partial charge in [0.25, 0.3) is 0 Å². The predicted molar refractivity (Wildman–Crippen MR) is 110 cm³/mol. The SMILES string of the molecule is Cc1nc2cc(N3CC(C(=O)Nc4ccc5cn[nH]c5c4)CC3=O)ccc2s1. The minimum absolute atomic E-state index is 0.0459. The van der Waals surface area contributed by atoms with Crippen molar-refractivity contribution in [1.29, 1.82) is 0 Å². The van der Waals surface area contributed by atoms with Gasteiger partial charge in [-0.15, -0.1) is 11.3 Å². The molecule has 1 saturated heterocycles. The summed E-state index contributed by atoms with van der Waals surface area (Å²) in [6, 6.07) is 11.4. The van der Waals surface area contributed by atoms with Gasteiger partial charge in [0.1, 0.15) is 0 Å². The lowest BCUT2D eigenvalue weighted by Gasteiger charge is -2.16. The van der Waals surface area contributed by atoms with E-state index < -0.39 is 5.92 Å². The number of aromatic nitrogens is 3. The number of fused-ring (bicyclic) bond motifs is 2. The molecule has 5 rings (SSSR count). The maximum Gasteiger partial charge on any atom is 0.229 e. The zero-order chi connectivity index (χ0) is 19.3. The van der Waals surface area contributed by atoms with Gasteiger partial charge in [-0.25, -0.2) is 4.98 Å². The number of benzene rings is 2. The highest BCUT2D eigenvalue weighted by Crippen LogP contribution is 2.30. The zero-order valence-electron chi connectivity index (χ0n) is 15.1. The Morgan fingerprint density at radius 3 is 3.07 bits per heavy atom. The van der Waals surface area contributed by atoms with E-state index in [9.17, 15) is 9.59 Å². The number of H-pyrrole nitrogens is 1. The van der Waals surface area contributed by atoms with E-state index >= 15 is 0 Å². The first kappa shape index (κ1) is 16.9. The van der Waals surface area contributed by atoms with Crippen LogP contribution in [0.1, 0.15) is 11.4 Å². The molecule has 0 bridgehead atoms. The van der Waals surface area contributed by atoms with Crippen molar-refractivity contribution in [2.75, 3.05) is 16.8 Å². The topological polar surface area (TPSA) is 91.0 Å². The van der Waals surface area contributed by atoms with E-state index in [1.54, 1.807) is 22.4 Å². The number of hydrogen-bond donors (Lipinski definition) is 2. The molecule has 7 nitrogen and oxygen atoms in total. The molecule has 4 aromatic rings. The van der Waals surface area contributed by atoms with Crippen LogP contribution in [0.15, 0.2) is 42.6 Å². The van der Waals surface area contributed by atoms with Gasteiger partial charge < -0.3 is 10.2 Å². The Hall–Kier alpha value is -3.26. The van der Waals surface area contributed by atoms with Crippen molar-refractivity contribution >= 4 is 55.6 Å². The van der Waals surface area contributed by atoms with Crippen LogP contribution in [0.25, 0.3) is 21.1 Å². The highest BCUT2D eigenvalue weighted by molar-refractivity contribution is 7.18. The van der Waals surface area contributed by atoms with Crippen molar-refractivity contribution in [1.82, 2.24) is 15.2 Å². The monoisotopic (exact) mass is 391 g/mol. The van der Waals surface area contributed by atoms with Crippen molar-refractivity contribution < 1.29 is 9.59 Å². The molecule has 8 heteroatoms. The number of anilines is 2. The normalized spacial score (nSPS) is 17.0. The average Bonchev–Trinajstić information content (AvgIpc) is 3.37. The van der Waals surface area contributed by atoms with Crippen LogP contribution in [-0.2, 0) is 9.59 Å². The molecule has 2 aromatic carbocycles. The van der Waals surface area contributed by atoms with Crippen molar-refractivity contribution in [3.8, 4) is 0 Å². The van der Waals surface area contributed by atoms with Crippen LogP contribution in [0, 0.1) is 12.8 Å². The van der Waals surface area contributed by atoms with E-state index in [2.05, 4.69) is 20.5 Å². The van der Waals surface area contributed by atoms with Crippen LogP contribution in [-0.4, -0.2) is 33.5 Å². The van der Waals surface area contributed by atoms with Crippen molar-refractivity contribution in [2.24, 2.45) is 5.92 Å². The zero-order valence-corrected chi connectivity index (χ0v) is 15.9. The maximum absolute atomic E-state index is 12.7. The Balaban J connectivity index is 1.33. The molecule has 2 amide bonds. The Bertz CT molecular complexity index is 1230. The number of aromatic amines is 1. The van der Waals surface area contributed by atoms with Gasteiger partial charge in [-0.05, 0) is 43.3 Å². The van der Waals surface area contributed by atoms with Crippen molar-refractivity contribution in [3.05, 3.63) is 47.6 Å². The predicted octanol–water partition coefficient (Wildman–Crippen LogP) is 3.47. The van der Waals surface area contributed by atoms with E-state index in [0.29, 0.717) is 12.2 Å². The molecule has 0 radical (unpaired) electrons. The van der Waals surface area contributed by atoms with Gasteiger partial charge in [0.15, 0.2) is 0 Å². The lowest BCUT2D eigenvalue weighted by molar-refractivity contribution is -0.122. The van der Waals surface area contributed by atoms with Crippen molar-refractivity contribution in [2.45, 2.75) is 13.3 Å². The first-order valence-corrected chi connectivity index (χ1v) is 9.80. The summed E-state index contributed by atoms with van der Waals surface area (Å²) >= 11 is 1.63. The van der Waals surface area contributed by atoms with E-state index in [1.807, 2.05) is 43.3 Å². The van der Waals surface area contributed by atoms with Gasteiger partial charge >= 0.3 is 0 Å².